The van der Waals surface area contributed by atoms with Crippen LogP contribution >= 0.6 is 0 Å². The van der Waals surface area contributed by atoms with Crippen molar-refractivity contribution >= 4 is 11.3 Å². The lowest BCUT2D eigenvalue weighted by atomic mass is 9.72. The summed E-state index contributed by atoms with van der Waals surface area (Å²) < 4.78 is 0. The molecule has 0 bridgehead atoms. The van der Waals surface area contributed by atoms with Gasteiger partial charge in [-0.2, -0.15) is 5.26 Å². The van der Waals surface area contributed by atoms with Crippen LogP contribution < -0.4 is 5.32 Å². The third kappa shape index (κ3) is 4.87. The first kappa shape index (κ1) is 18.6. The number of hydrogen-bond donors (Lipinski definition) is 1. The van der Waals surface area contributed by atoms with Gasteiger partial charge in [0.1, 0.15) is 0 Å². The Morgan fingerprint density at radius 2 is 1.83 bits per heavy atom. The number of benzene rings is 1. The molecule has 0 aliphatic heterocycles. The molecule has 1 fully saturated rings. The number of nitrogens with one attached hydrogen (secondary N) is 1. The predicted octanol–water partition coefficient (Wildman–Crippen LogP) is 6.55. The normalized spacial score (nSPS) is 25.9. The number of anilines is 1. The Bertz CT molecular complexity index is 569. The summed E-state index contributed by atoms with van der Waals surface area (Å²) in [5.74, 6) is 0. The summed E-state index contributed by atoms with van der Waals surface area (Å²) >= 11 is 0. The van der Waals surface area contributed by atoms with Gasteiger partial charge < -0.3 is 5.32 Å². The van der Waals surface area contributed by atoms with Crippen molar-refractivity contribution in [2.45, 2.75) is 78.2 Å². The zero-order valence-corrected chi connectivity index (χ0v) is 15.6. The van der Waals surface area contributed by atoms with Crippen LogP contribution in [0.4, 0.5) is 5.69 Å². The first-order chi connectivity index (χ1) is 11.7. The fourth-order valence-corrected chi connectivity index (χ4v) is 3.78. The molecule has 0 spiro atoms. The fourth-order valence-electron chi connectivity index (χ4n) is 3.78. The van der Waals surface area contributed by atoms with Gasteiger partial charge in [0.15, 0.2) is 0 Å². The van der Waals surface area contributed by atoms with Crippen molar-refractivity contribution in [3.05, 3.63) is 35.9 Å². The van der Waals surface area contributed by atoms with E-state index >= 15 is 0 Å². The average Bonchev–Trinajstić information content (AvgIpc) is 3.14. The van der Waals surface area contributed by atoms with E-state index < -0.39 is 0 Å². The maximum atomic E-state index is 8.93. The van der Waals surface area contributed by atoms with E-state index in [2.05, 4.69) is 48.7 Å². The van der Waals surface area contributed by atoms with Crippen LogP contribution in [0.25, 0.3) is 5.57 Å². The molecule has 1 aromatic rings. The van der Waals surface area contributed by atoms with Gasteiger partial charge in [-0.05, 0) is 73.6 Å². The summed E-state index contributed by atoms with van der Waals surface area (Å²) in [6.07, 6.45) is 11.5. The molecule has 0 unspecified atom stereocenters. The third-order valence-corrected chi connectivity index (χ3v) is 5.37. The first-order valence-corrected chi connectivity index (χ1v) is 9.61. The Balaban J connectivity index is 0.00000100. The molecule has 130 valence electrons. The van der Waals surface area contributed by atoms with Crippen LogP contribution in [0, 0.1) is 16.7 Å². The van der Waals surface area contributed by atoms with E-state index in [0.717, 1.165) is 12.8 Å². The van der Waals surface area contributed by atoms with Crippen molar-refractivity contribution in [3.63, 3.8) is 0 Å². The van der Waals surface area contributed by atoms with Crippen molar-refractivity contribution < 1.29 is 0 Å². The summed E-state index contributed by atoms with van der Waals surface area (Å²) in [6.45, 7) is 6.26. The Hall–Kier alpha value is -1.75. The molecular formula is C22H32N2. The summed E-state index contributed by atoms with van der Waals surface area (Å²) in [4.78, 5) is 0. The molecule has 0 heterocycles. The van der Waals surface area contributed by atoms with E-state index in [-0.39, 0.29) is 5.41 Å². The van der Waals surface area contributed by atoms with Crippen LogP contribution in [-0.4, -0.2) is 6.04 Å². The highest BCUT2D eigenvalue weighted by Crippen LogP contribution is 2.39. The number of nitrogens with zero attached hydrogens (tertiary/aromatic N) is 1. The van der Waals surface area contributed by atoms with Crippen LogP contribution in [0.2, 0.25) is 0 Å². The molecule has 0 aromatic heterocycles. The molecule has 2 aliphatic carbocycles. The highest BCUT2D eigenvalue weighted by molar-refractivity contribution is 5.68. The van der Waals surface area contributed by atoms with Crippen LogP contribution in [0.15, 0.2) is 30.3 Å². The zero-order chi connectivity index (χ0) is 17.4. The first-order valence-electron chi connectivity index (χ1n) is 9.61. The number of allylic oxidation sites excluding steroid dienone is 2. The molecule has 0 radical (unpaired) electrons. The van der Waals surface area contributed by atoms with Crippen molar-refractivity contribution in [2.24, 2.45) is 5.41 Å². The van der Waals surface area contributed by atoms with E-state index in [1.54, 1.807) is 0 Å². The van der Waals surface area contributed by atoms with Crippen LogP contribution in [0.3, 0.4) is 0 Å². The summed E-state index contributed by atoms with van der Waals surface area (Å²) in [6, 6.07) is 11.9. The Kier molecular flexibility index (Phi) is 6.91. The Morgan fingerprint density at radius 1 is 1.17 bits per heavy atom. The highest BCUT2D eigenvalue weighted by atomic mass is 14.9. The van der Waals surface area contributed by atoms with E-state index in [1.807, 2.05) is 13.8 Å². The van der Waals surface area contributed by atoms with Gasteiger partial charge in [0.25, 0.3) is 0 Å². The lowest BCUT2D eigenvalue weighted by molar-refractivity contribution is 0.211. The second kappa shape index (κ2) is 8.92. The Labute approximate surface area is 148 Å². The van der Waals surface area contributed by atoms with Gasteiger partial charge in [0, 0.05) is 18.2 Å². The minimum Gasteiger partial charge on any atom is -0.382 e. The van der Waals surface area contributed by atoms with Crippen molar-refractivity contribution in [1.82, 2.24) is 0 Å². The van der Waals surface area contributed by atoms with Gasteiger partial charge in [0.2, 0.25) is 0 Å². The minimum atomic E-state index is 0.242. The largest absolute Gasteiger partial charge is 0.382 e. The monoisotopic (exact) mass is 324 g/mol. The number of nitriles is 1. The maximum absolute atomic E-state index is 8.93. The second-order valence-corrected chi connectivity index (χ2v) is 7.26. The molecular weight excluding hydrogens is 292 g/mol. The van der Waals surface area contributed by atoms with Gasteiger partial charge in [-0.3, -0.25) is 0 Å². The molecule has 3 rings (SSSR count). The number of rotatable bonds is 4. The second-order valence-electron chi connectivity index (χ2n) is 7.26. The molecule has 2 heteroatoms. The molecule has 1 aromatic carbocycles. The average molecular weight is 325 g/mol. The van der Waals surface area contributed by atoms with Gasteiger partial charge in [-0.15, -0.1) is 0 Å². The standard InChI is InChI=1S/C20H26N2.C2H6/c1-20(14-15-21)12-10-19(11-13-20)22-18-8-6-17(7-9-18)16-4-2-3-5-16;1-2/h4,6-9,19,22H,2-3,5,10-14H2,1H3;1-2H3. The topological polar surface area (TPSA) is 35.8 Å². The van der Waals surface area contributed by atoms with Gasteiger partial charge in [-0.25, -0.2) is 0 Å². The molecule has 2 nitrogen and oxygen atoms in total. The zero-order valence-electron chi connectivity index (χ0n) is 15.6. The summed E-state index contributed by atoms with van der Waals surface area (Å²) in [7, 11) is 0. The highest BCUT2D eigenvalue weighted by Gasteiger charge is 2.30. The van der Waals surface area contributed by atoms with E-state index in [9.17, 15) is 0 Å². The van der Waals surface area contributed by atoms with Crippen LogP contribution in [0.5, 0.6) is 0 Å². The molecule has 0 atom stereocenters. The van der Waals surface area contributed by atoms with Crippen molar-refractivity contribution in [3.8, 4) is 6.07 Å². The van der Waals surface area contributed by atoms with Crippen LogP contribution in [0.1, 0.15) is 77.7 Å². The molecule has 24 heavy (non-hydrogen) atoms. The Morgan fingerprint density at radius 3 is 2.38 bits per heavy atom. The van der Waals surface area contributed by atoms with Crippen molar-refractivity contribution in [1.29, 1.82) is 5.26 Å². The van der Waals surface area contributed by atoms with Crippen molar-refractivity contribution in [2.75, 3.05) is 5.32 Å². The molecule has 2 aliphatic rings. The van der Waals surface area contributed by atoms with Gasteiger partial charge >= 0.3 is 0 Å². The van der Waals surface area contributed by atoms with E-state index in [4.69, 9.17) is 5.26 Å². The van der Waals surface area contributed by atoms with Crippen LogP contribution in [-0.2, 0) is 0 Å². The lowest BCUT2D eigenvalue weighted by Gasteiger charge is -2.36. The van der Waals surface area contributed by atoms with Gasteiger partial charge in [-0.1, -0.05) is 39.0 Å². The SMILES string of the molecule is CC.CC1(CC#N)CCC(Nc2ccc(C3=CCCC3)cc2)CC1. The molecule has 0 amide bonds. The smallest absolute Gasteiger partial charge is 0.0627 e. The predicted molar refractivity (Wildman–Crippen MR) is 104 cm³/mol. The maximum Gasteiger partial charge on any atom is 0.0627 e. The summed E-state index contributed by atoms with van der Waals surface area (Å²) in [5.41, 5.74) is 4.37. The summed E-state index contributed by atoms with van der Waals surface area (Å²) in [5, 5.41) is 12.6. The molecule has 1 saturated carbocycles. The fraction of sp³-hybridized carbons (Fsp3) is 0.591. The minimum absolute atomic E-state index is 0.242. The molecule has 0 saturated heterocycles. The number of hydrogen-bond acceptors (Lipinski definition) is 2. The third-order valence-electron chi connectivity index (χ3n) is 5.37. The van der Waals surface area contributed by atoms with Gasteiger partial charge in [0.05, 0.1) is 6.07 Å². The lowest BCUT2D eigenvalue weighted by Crippen LogP contribution is -2.31. The quantitative estimate of drug-likeness (QED) is 0.681. The molecule has 1 N–H and O–H groups in total. The van der Waals surface area contributed by atoms with E-state index in [1.165, 1.54) is 48.9 Å². The van der Waals surface area contributed by atoms with E-state index in [0.29, 0.717) is 12.5 Å².